The average molecular weight is 477 g/mol. The van der Waals surface area contributed by atoms with E-state index in [0.29, 0.717) is 24.9 Å². The van der Waals surface area contributed by atoms with Crippen LogP contribution in [0.4, 0.5) is 0 Å². The molecule has 0 radical (unpaired) electrons. The molecule has 2 rings (SSSR count). The fraction of sp³-hybridized carbons (Fsp3) is 0.588. The zero-order valence-corrected chi connectivity index (χ0v) is 18.6. The average Bonchev–Trinajstić information content (AvgIpc) is 3.15. The van der Waals surface area contributed by atoms with Crippen LogP contribution in [-0.4, -0.2) is 35.7 Å². The number of halogens is 1. The Hall–Kier alpha value is -1.16. The van der Waals surface area contributed by atoms with E-state index in [9.17, 15) is 0 Å². The van der Waals surface area contributed by atoms with E-state index in [1.54, 1.807) is 7.05 Å². The molecular formula is C17H28IN5OS. The third-order valence-electron chi connectivity index (χ3n) is 3.54. The van der Waals surface area contributed by atoms with Gasteiger partial charge in [-0.1, -0.05) is 19.0 Å². The first-order valence-corrected chi connectivity index (χ1v) is 9.14. The van der Waals surface area contributed by atoms with E-state index in [1.807, 2.05) is 11.3 Å². The maximum Gasteiger partial charge on any atom is 0.228 e. The third kappa shape index (κ3) is 7.31. The fourth-order valence-corrected chi connectivity index (χ4v) is 3.29. The lowest BCUT2D eigenvalue weighted by Gasteiger charge is -2.17. The van der Waals surface area contributed by atoms with Crippen LogP contribution < -0.4 is 10.6 Å². The van der Waals surface area contributed by atoms with Gasteiger partial charge in [-0.15, -0.1) is 35.3 Å². The minimum absolute atomic E-state index is 0. The van der Waals surface area contributed by atoms with Gasteiger partial charge in [0, 0.05) is 48.1 Å². The maximum absolute atomic E-state index is 5.24. The molecule has 0 aliphatic heterocycles. The van der Waals surface area contributed by atoms with E-state index in [-0.39, 0.29) is 29.9 Å². The molecule has 0 amide bonds. The van der Waals surface area contributed by atoms with Gasteiger partial charge in [-0.25, -0.2) is 0 Å². The van der Waals surface area contributed by atoms with Gasteiger partial charge in [-0.3, -0.25) is 4.99 Å². The monoisotopic (exact) mass is 477 g/mol. The smallest absolute Gasteiger partial charge is 0.228 e. The molecule has 0 aliphatic rings. The van der Waals surface area contributed by atoms with Gasteiger partial charge in [0.25, 0.3) is 0 Å². The van der Waals surface area contributed by atoms with Gasteiger partial charge in [-0.05, 0) is 26.0 Å². The number of nitrogens with one attached hydrogen (secondary N) is 2. The van der Waals surface area contributed by atoms with E-state index >= 15 is 0 Å². The lowest BCUT2D eigenvalue weighted by molar-refractivity contribution is 0.371. The van der Waals surface area contributed by atoms with Gasteiger partial charge in [-0.2, -0.15) is 4.98 Å². The van der Waals surface area contributed by atoms with E-state index in [4.69, 9.17) is 4.52 Å². The molecule has 140 valence electrons. The zero-order chi connectivity index (χ0) is 17.5. The normalized spacial score (nSPS) is 12.8. The molecular weight excluding hydrogens is 449 g/mol. The van der Waals surface area contributed by atoms with Crippen LogP contribution in [-0.2, 0) is 12.8 Å². The number of aryl methyl sites for hydroxylation is 1. The number of aromatic nitrogens is 2. The predicted molar refractivity (Wildman–Crippen MR) is 114 cm³/mol. The summed E-state index contributed by atoms with van der Waals surface area (Å²) < 4.78 is 5.24. The van der Waals surface area contributed by atoms with Crippen LogP contribution in [0.25, 0.3) is 0 Å². The highest BCUT2D eigenvalue weighted by Gasteiger charge is 2.11. The van der Waals surface area contributed by atoms with Gasteiger partial charge >= 0.3 is 0 Å². The van der Waals surface area contributed by atoms with Gasteiger partial charge in [0.05, 0.1) is 0 Å². The Morgan fingerprint density at radius 3 is 2.64 bits per heavy atom. The number of thiophene rings is 1. The van der Waals surface area contributed by atoms with Crippen LogP contribution in [0.5, 0.6) is 0 Å². The Kier molecular flexibility index (Phi) is 9.41. The fourth-order valence-electron chi connectivity index (χ4n) is 2.27. The quantitative estimate of drug-likeness (QED) is 0.363. The molecule has 1 atom stereocenters. The SMILES string of the molecule is CN=C(NCCc1nc(C(C)C)no1)NC(C)Cc1ccc(C)s1.I. The minimum atomic E-state index is 0. The Labute approximate surface area is 170 Å². The van der Waals surface area contributed by atoms with Crippen molar-refractivity contribution < 1.29 is 4.52 Å². The van der Waals surface area contributed by atoms with Crippen LogP contribution >= 0.6 is 35.3 Å². The summed E-state index contributed by atoms with van der Waals surface area (Å²) in [5, 5.41) is 10.7. The highest BCUT2D eigenvalue weighted by Crippen LogP contribution is 2.16. The van der Waals surface area contributed by atoms with Crippen molar-refractivity contribution in [1.82, 2.24) is 20.8 Å². The van der Waals surface area contributed by atoms with E-state index in [2.05, 4.69) is 65.6 Å². The first-order valence-electron chi connectivity index (χ1n) is 8.33. The predicted octanol–water partition coefficient (Wildman–Crippen LogP) is 3.52. The molecule has 2 heterocycles. The lowest BCUT2D eigenvalue weighted by Crippen LogP contribution is -2.43. The second-order valence-corrected chi connectivity index (χ2v) is 7.58. The molecule has 8 heteroatoms. The van der Waals surface area contributed by atoms with Crippen molar-refractivity contribution in [2.24, 2.45) is 4.99 Å². The molecule has 0 aromatic carbocycles. The molecule has 2 N–H and O–H groups in total. The lowest BCUT2D eigenvalue weighted by atomic mass is 10.2. The molecule has 1 unspecified atom stereocenters. The highest BCUT2D eigenvalue weighted by atomic mass is 127. The molecule has 0 bridgehead atoms. The van der Waals surface area contributed by atoms with E-state index in [0.717, 1.165) is 18.2 Å². The Morgan fingerprint density at radius 1 is 1.32 bits per heavy atom. The Balaban J connectivity index is 0.00000312. The van der Waals surface area contributed by atoms with Crippen molar-refractivity contribution in [2.45, 2.75) is 52.5 Å². The van der Waals surface area contributed by atoms with Crippen molar-refractivity contribution in [2.75, 3.05) is 13.6 Å². The summed E-state index contributed by atoms with van der Waals surface area (Å²) in [5.41, 5.74) is 0. The van der Waals surface area contributed by atoms with Crippen molar-refractivity contribution >= 4 is 41.3 Å². The standard InChI is InChI=1S/C17H27N5OS.HI/c1-11(2)16-21-15(23-22-16)8-9-19-17(18-5)20-12(3)10-14-7-6-13(4)24-14;/h6-7,11-12H,8-10H2,1-5H3,(H2,18,19,20);1H. The van der Waals surface area contributed by atoms with Crippen molar-refractivity contribution in [3.05, 3.63) is 33.6 Å². The van der Waals surface area contributed by atoms with Crippen LogP contribution in [0.1, 0.15) is 48.2 Å². The first-order chi connectivity index (χ1) is 11.5. The zero-order valence-electron chi connectivity index (χ0n) is 15.5. The molecule has 6 nitrogen and oxygen atoms in total. The minimum Gasteiger partial charge on any atom is -0.356 e. The highest BCUT2D eigenvalue weighted by molar-refractivity contribution is 14.0. The van der Waals surface area contributed by atoms with Crippen LogP contribution in [0, 0.1) is 6.92 Å². The van der Waals surface area contributed by atoms with Crippen LogP contribution in [0.3, 0.4) is 0 Å². The number of rotatable bonds is 7. The number of nitrogens with zero attached hydrogens (tertiary/aromatic N) is 3. The third-order valence-corrected chi connectivity index (χ3v) is 4.56. The van der Waals surface area contributed by atoms with Crippen LogP contribution in [0.15, 0.2) is 21.6 Å². The van der Waals surface area contributed by atoms with Gasteiger partial charge in [0.1, 0.15) is 0 Å². The first kappa shape index (κ1) is 21.9. The molecule has 0 saturated heterocycles. The number of hydrogen-bond donors (Lipinski definition) is 2. The van der Waals surface area contributed by atoms with Gasteiger partial charge in [0.15, 0.2) is 11.8 Å². The molecule has 0 saturated carbocycles. The second-order valence-electron chi connectivity index (χ2n) is 6.21. The summed E-state index contributed by atoms with van der Waals surface area (Å²) in [6.07, 6.45) is 1.67. The second kappa shape index (κ2) is 10.7. The van der Waals surface area contributed by atoms with Gasteiger partial charge in [0.2, 0.25) is 5.89 Å². The van der Waals surface area contributed by atoms with Crippen LogP contribution in [0.2, 0.25) is 0 Å². The number of guanidine groups is 1. The summed E-state index contributed by atoms with van der Waals surface area (Å²) in [4.78, 5) is 11.4. The maximum atomic E-state index is 5.24. The molecule has 25 heavy (non-hydrogen) atoms. The van der Waals surface area contributed by atoms with Crippen molar-refractivity contribution in [3.63, 3.8) is 0 Å². The molecule has 0 fully saturated rings. The number of aliphatic imine (C=N–C) groups is 1. The summed E-state index contributed by atoms with van der Waals surface area (Å²) >= 11 is 1.84. The molecule has 2 aromatic rings. The summed E-state index contributed by atoms with van der Waals surface area (Å²) in [7, 11) is 1.78. The van der Waals surface area contributed by atoms with E-state index in [1.165, 1.54) is 9.75 Å². The summed E-state index contributed by atoms with van der Waals surface area (Å²) in [5.74, 6) is 2.49. The summed E-state index contributed by atoms with van der Waals surface area (Å²) in [6.45, 7) is 9.10. The Morgan fingerprint density at radius 2 is 2.08 bits per heavy atom. The van der Waals surface area contributed by atoms with Gasteiger partial charge < -0.3 is 15.2 Å². The molecule has 0 aliphatic carbocycles. The molecule has 0 spiro atoms. The number of hydrogen-bond acceptors (Lipinski definition) is 5. The largest absolute Gasteiger partial charge is 0.356 e. The van der Waals surface area contributed by atoms with Crippen molar-refractivity contribution in [3.8, 4) is 0 Å². The topological polar surface area (TPSA) is 75.3 Å². The van der Waals surface area contributed by atoms with E-state index < -0.39 is 0 Å². The molecule has 2 aromatic heterocycles. The Bertz CT molecular complexity index is 668. The van der Waals surface area contributed by atoms with Crippen molar-refractivity contribution in [1.29, 1.82) is 0 Å². The summed E-state index contributed by atoms with van der Waals surface area (Å²) in [6, 6.07) is 4.66.